The fraction of sp³-hybridized carbons (Fsp3) is 0.273. The summed E-state index contributed by atoms with van der Waals surface area (Å²) < 4.78 is 14.5. The second kappa shape index (κ2) is 10.2. The number of fused-ring (bicyclic) bond motifs is 1. The smallest absolute Gasteiger partial charge is 0.272 e. The number of carbonyl (C=O) groups is 2. The molecule has 0 radical (unpaired) electrons. The first-order chi connectivity index (χ1) is 14.9. The average molecular weight is 445 g/mol. The number of alkyl halides is 1. The Morgan fingerprint density at radius 3 is 2.65 bits per heavy atom. The lowest BCUT2D eigenvalue weighted by molar-refractivity contribution is -0.118. The van der Waals surface area contributed by atoms with E-state index in [-0.39, 0.29) is 36.0 Å². The summed E-state index contributed by atoms with van der Waals surface area (Å²) >= 11 is 5.44. The monoisotopic (exact) mass is 444 g/mol. The van der Waals surface area contributed by atoms with Gasteiger partial charge in [0.1, 0.15) is 11.7 Å². The highest BCUT2D eigenvalue weighted by atomic mass is 35.5. The van der Waals surface area contributed by atoms with Crippen molar-refractivity contribution in [3.8, 4) is 0 Å². The van der Waals surface area contributed by atoms with Crippen LogP contribution in [0.2, 0.25) is 0 Å². The number of likely N-dealkylation sites (N-methyl/N-ethyl adjacent to an activating group) is 1. The Morgan fingerprint density at radius 2 is 1.94 bits per heavy atom. The van der Waals surface area contributed by atoms with Crippen LogP contribution in [0.1, 0.15) is 28.5 Å². The van der Waals surface area contributed by atoms with Crippen molar-refractivity contribution in [3.05, 3.63) is 75.5 Å². The predicted octanol–water partition coefficient (Wildman–Crippen LogP) is 2.47. The van der Waals surface area contributed by atoms with Gasteiger partial charge in [0.25, 0.3) is 11.5 Å². The van der Waals surface area contributed by atoms with Crippen LogP contribution in [0.4, 0.5) is 4.39 Å². The lowest BCUT2D eigenvalue weighted by atomic mass is 10.0. The largest absolute Gasteiger partial charge is 0.353 e. The maximum atomic E-state index is 14.5. The van der Waals surface area contributed by atoms with Crippen molar-refractivity contribution in [2.24, 2.45) is 0 Å². The zero-order valence-electron chi connectivity index (χ0n) is 17.0. The zero-order valence-corrected chi connectivity index (χ0v) is 17.7. The molecular weight excluding hydrogens is 423 g/mol. The number of aromatic amines is 1. The quantitative estimate of drug-likeness (QED) is 0.522. The van der Waals surface area contributed by atoms with Crippen LogP contribution in [-0.2, 0) is 11.2 Å². The van der Waals surface area contributed by atoms with Crippen molar-refractivity contribution in [2.45, 2.75) is 13.3 Å². The fourth-order valence-electron chi connectivity index (χ4n) is 3.30. The van der Waals surface area contributed by atoms with Crippen LogP contribution in [0.3, 0.4) is 0 Å². The second-order valence-electron chi connectivity index (χ2n) is 6.90. The van der Waals surface area contributed by atoms with E-state index >= 15 is 0 Å². The van der Waals surface area contributed by atoms with Crippen molar-refractivity contribution < 1.29 is 14.0 Å². The highest BCUT2D eigenvalue weighted by Gasteiger charge is 2.19. The third-order valence-corrected chi connectivity index (χ3v) is 5.14. The Balaban J connectivity index is 1.83. The molecule has 3 aromatic rings. The van der Waals surface area contributed by atoms with Gasteiger partial charge in [0.05, 0.1) is 16.6 Å². The van der Waals surface area contributed by atoms with E-state index in [0.717, 1.165) is 0 Å². The molecule has 0 atom stereocenters. The molecule has 0 aliphatic rings. The number of carbonyl (C=O) groups excluding carboxylic acids is 2. The Hall–Kier alpha value is -3.26. The van der Waals surface area contributed by atoms with Gasteiger partial charge in [0.2, 0.25) is 5.91 Å². The molecule has 1 aromatic heterocycles. The molecule has 31 heavy (non-hydrogen) atoms. The first kappa shape index (κ1) is 22.4. The summed E-state index contributed by atoms with van der Waals surface area (Å²) in [5, 5.41) is 10.4. The molecule has 162 valence electrons. The summed E-state index contributed by atoms with van der Waals surface area (Å²) in [7, 11) is 0. The van der Waals surface area contributed by atoms with Gasteiger partial charge in [-0.05, 0) is 30.7 Å². The lowest BCUT2D eigenvalue weighted by Crippen LogP contribution is -2.39. The third kappa shape index (κ3) is 5.27. The van der Waals surface area contributed by atoms with Crippen molar-refractivity contribution >= 4 is 34.2 Å². The molecule has 2 N–H and O–H groups in total. The SMILES string of the molecule is CCN(CCNC(=O)CCl)C(=O)c1cc(Cc2n[nH]c(=O)c3ccccc23)ccc1F. The number of hydrogen-bond acceptors (Lipinski definition) is 4. The third-order valence-electron chi connectivity index (χ3n) is 4.90. The van der Waals surface area contributed by atoms with Gasteiger partial charge in [-0.25, -0.2) is 9.49 Å². The molecule has 9 heteroatoms. The average Bonchev–Trinajstić information content (AvgIpc) is 2.79. The summed E-state index contributed by atoms with van der Waals surface area (Å²) in [6.45, 7) is 2.58. The maximum absolute atomic E-state index is 14.5. The van der Waals surface area contributed by atoms with Crippen LogP contribution < -0.4 is 10.9 Å². The summed E-state index contributed by atoms with van der Waals surface area (Å²) in [5.41, 5.74) is 0.961. The topological polar surface area (TPSA) is 95.2 Å². The Bertz CT molecular complexity index is 1160. The molecule has 0 bridgehead atoms. The van der Waals surface area contributed by atoms with Crippen LogP contribution in [0.15, 0.2) is 47.3 Å². The molecule has 0 saturated carbocycles. The fourth-order valence-corrected chi connectivity index (χ4v) is 3.39. The predicted molar refractivity (Wildman–Crippen MR) is 117 cm³/mol. The molecule has 3 rings (SSSR count). The molecule has 0 aliphatic carbocycles. The first-order valence-corrected chi connectivity index (χ1v) is 10.3. The van der Waals surface area contributed by atoms with Crippen LogP contribution in [0.25, 0.3) is 10.8 Å². The van der Waals surface area contributed by atoms with Gasteiger partial charge in [-0.3, -0.25) is 14.4 Å². The van der Waals surface area contributed by atoms with Gasteiger partial charge in [-0.2, -0.15) is 5.10 Å². The molecule has 0 saturated heterocycles. The van der Waals surface area contributed by atoms with E-state index in [4.69, 9.17) is 11.6 Å². The van der Waals surface area contributed by atoms with Crippen molar-refractivity contribution in [1.82, 2.24) is 20.4 Å². The molecule has 1 heterocycles. The van der Waals surface area contributed by atoms with E-state index in [1.807, 2.05) is 6.07 Å². The number of benzene rings is 2. The summed E-state index contributed by atoms with van der Waals surface area (Å²) in [4.78, 5) is 37.6. The standard InChI is InChI=1S/C22H22ClFN4O3/c1-2-28(10-9-25-20(29)13-23)22(31)17-11-14(7-8-18(17)24)12-19-15-5-3-4-6-16(15)21(30)27-26-19/h3-8,11H,2,9-10,12-13H2,1H3,(H,25,29)(H,27,30). The molecule has 0 aliphatic heterocycles. The minimum Gasteiger partial charge on any atom is -0.353 e. The minimum atomic E-state index is -0.628. The van der Waals surface area contributed by atoms with Gasteiger partial charge < -0.3 is 10.2 Å². The number of rotatable bonds is 8. The van der Waals surface area contributed by atoms with Gasteiger partial charge >= 0.3 is 0 Å². The van der Waals surface area contributed by atoms with Gasteiger partial charge in [-0.15, -0.1) is 11.6 Å². The van der Waals surface area contributed by atoms with E-state index in [1.165, 1.54) is 17.0 Å². The van der Waals surface area contributed by atoms with Gasteiger partial charge in [0.15, 0.2) is 0 Å². The number of amides is 2. The van der Waals surface area contributed by atoms with Crippen LogP contribution in [-0.4, -0.2) is 52.4 Å². The van der Waals surface area contributed by atoms with Gasteiger partial charge in [-0.1, -0.05) is 24.3 Å². The van der Waals surface area contributed by atoms with E-state index in [2.05, 4.69) is 15.5 Å². The maximum Gasteiger partial charge on any atom is 0.272 e. The van der Waals surface area contributed by atoms with Crippen LogP contribution >= 0.6 is 11.6 Å². The highest BCUT2D eigenvalue weighted by molar-refractivity contribution is 6.27. The molecule has 2 amide bonds. The summed E-state index contributed by atoms with van der Waals surface area (Å²) in [6, 6.07) is 11.4. The van der Waals surface area contributed by atoms with E-state index in [1.54, 1.807) is 31.2 Å². The molecule has 0 spiro atoms. The highest BCUT2D eigenvalue weighted by Crippen LogP contribution is 2.19. The van der Waals surface area contributed by atoms with Gasteiger partial charge in [0, 0.05) is 31.4 Å². The minimum absolute atomic E-state index is 0.0586. The number of nitrogens with one attached hydrogen (secondary N) is 2. The molecule has 7 nitrogen and oxygen atoms in total. The van der Waals surface area contributed by atoms with E-state index in [0.29, 0.717) is 35.0 Å². The Morgan fingerprint density at radius 1 is 1.19 bits per heavy atom. The number of halogens is 2. The number of nitrogens with zero attached hydrogens (tertiary/aromatic N) is 2. The summed E-state index contributed by atoms with van der Waals surface area (Å²) in [5.74, 6) is -1.60. The number of hydrogen-bond donors (Lipinski definition) is 2. The normalized spacial score (nSPS) is 10.8. The first-order valence-electron chi connectivity index (χ1n) is 9.81. The molecule has 0 unspecified atom stereocenters. The Labute approximate surface area is 183 Å². The zero-order chi connectivity index (χ0) is 22.4. The van der Waals surface area contributed by atoms with Crippen molar-refractivity contribution in [2.75, 3.05) is 25.5 Å². The van der Waals surface area contributed by atoms with Crippen molar-refractivity contribution in [1.29, 1.82) is 0 Å². The van der Waals surface area contributed by atoms with E-state index < -0.39 is 11.7 Å². The number of H-pyrrole nitrogens is 1. The molecule has 2 aromatic carbocycles. The summed E-state index contributed by atoms with van der Waals surface area (Å²) in [6.07, 6.45) is 0.315. The van der Waals surface area contributed by atoms with Crippen LogP contribution in [0.5, 0.6) is 0 Å². The Kier molecular flexibility index (Phi) is 7.36. The van der Waals surface area contributed by atoms with Crippen LogP contribution in [0, 0.1) is 5.82 Å². The lowest BCUT2D eigenvalue weighted by Gasteiger charge is -2.21. The second-order valence-corrected chi connectivity index (χ2v) is 7.17. The van der Waals surface area contributed by atoms with E-state index in [9.17, 15) is 18.8 Å². The molecule has 0 fully saturated rings. The molecular formula is C22H22ClFN4O3. The number of aromatic nitrogens is 2. The van der Waals surface area contributed by atoms with Crippen molar-refractivity contribution in [3.63, 3.8) is 0 Å².